The van der Waals surface area contributed by atoms with Crippen LogP contribution in [0, 0.1) is 0 Å². The van der Waals surface area contributed by atoms with Gasteiger partial charge in [-0.3, -0.25) is 0 Å². The number of unbranched alkanes of at least 4 members (excludes halogenated alkanes) is 1. The zero-order chi connectivity index (χ0) is 23.0. The van der Waals surface area contributed by atoms with E-state index in [-0.39, 0.29) is 30.0 Å². The predicted octanol–water partition coefficient (Wildman–Crippen LogP) is 4.29. The Morgan fingerprint density at radius 1 is 0.938 bits per heavy atom. The van der Waals surface area contributed by atoms with E-state index in [1.165, 1.54) is 10.4 Å². The molecule has 1 N–H and O–H groups in total. The van der Waals surface area contributed by atoms with Crippen LogP contribution in [0.4, 0.5) is 0 Å². The average Bonchev–Trinajstić information content (AvgIpc) is 2.80. The van der Waals surface area contributed by atoms with E-state index in [1.807, 2.05) is 0 Å². The second kappa shape index (κ2) is 11.6. The summed E-state index contributed by atoms with van der Waals surface area (Å²) in [6.45, 7) is 7.73. The zero-order valence-electron chi connectivity index (χ0n) is 20.1. The smallest absolute Gasteiger partial charge is 0.261 e. The van der Waals surface area contributed by atoms with E-state index in [2.05, 4.69) is 81.4 Å². The molecule has 0 aromatic heterocycles. The van der Waals surface area contributed by atoms with Crippen LogP contribution < -0.4 is 10.4 Å². The van der Waals surface area contributed by atoms with Gasteiger partial charge in [0.2, 0.25) is 0 Å². The number of hydrogen-bond donors (Lipinski definition) is 1. The van der Waals surface area contributed by atoms with Crippen LogP contribution >= 0.6 is 0 Å². The number of hydrogen-bond acceptors (Lipinski definition) is 4. The van der Waals surface area contributed by atoms with Crippen molar-refractivity contribution < 1.29 is 19.0 Å². The fraction of sp³-hybridized carbons (Fsp3) is 0.556. The van der Waals surface area contributed by atoms with Gasteiger partial charge in [-0.25, -0.2) is 0 Å². The molecule has 1 fully saturated rings. The third kappa shape index (κ3) is 5.70. The Morgan fingerprint density at radius 2 is 1.53 bits per heavy atom. The Bertz CT molecular complexity index is 751. The quantitative estimate of drug-likeness (QED) is 0.428. The third-order valence-corrected chi connectivity index (χ3v) is 11.7. The fourth-order valence-electron chi connectivity index (χ4n) is 5.02. The van der Waals surface area contributed by atoms with Crippen molar-refractivity contribution >= 4 is 18.7 Å². The maximum absolute atomic E-state index is 9.15. The SMILES string of the molecule is CO[C@@H]1CC[C@@H](CO[Si](c2ccccc2)(c2ccccc2)C(C)(C)C)O[C@H]1CCCCO. The summed E-state index contributed by atoms with van der Waals surface area (Å²) in [6, 6.07) is 21.5. The Kier molecular flexibility index (Phi) is 9.09. The van der Waals surface area contributed by atoms with Gasteiger partial charge in [-0.05, 0) is 47.5 Å². The van der Waals surface area contributed by atoms with Gasteiger partial charge in [0.15, 0.2) is 0 Å². The van der Waals surface area contributed by atoms with Crippen LogP contribution in [0.2, 0.25) is 5.04 Å². The van der Waals surface area contributed by atoms with Crippen LogP contribution in [-0.2, 0) is 13.9 Å². The first-order valence-corrected chi connectivity index (χ1v) is 13.9. The maximum atomic E-state index is 9.15. The molecule has 0 amide bonds. The van der Waals surface area contributed by atoms with E-state index >= 15 is 0 Å². The van der Waals surface area contributed by atoms with E-state index in [0.29, 0.717) is 6.61 Å². The topological polar surface area (TPSA) is 47.9 Å². The van der Waals surface area contributed by atoms with E-state index in [4.69, 9.17) is 19.0 Å². The Labute approximate surface area is 195 Å². The minimum atomic E-state index is -2.56. The molecule has 1 aliphatic heterocycles. The van der Waals surface area contributed by atoms with Crippen molar-refractivity contribution in [2.45, 2.75) is 76.2 Å². The van der Waals surface area contributed by atoms with Gasteiger partial charge >= 0.3 is 0 Å². The lowest BCUT2D eigenvalue weighted by Crippen LogP contribution is -2.67. The minimum Gasteiger partial charge on any atom is -0.405 e. The van der Waals surface area contributed by atoms with E-state index in [1.54, 1.807) is 7.11 Å². The number of aliphatic hydroxyl groups is 1. The molecule has 176 valence electrons. The van der Waals surface area contributed by atoms with Crippen LogP contribution in [-0.4, -0.2) is 52.1 Å². The minimum absolute atomic E-state index is 0.0417. The van der Waals surface area contributed by atoms with Gasteiger partial charge in [0.1, 0.15) is 0 Å². The van der Waals surface area contributed by atoms with Crippen molar-refractivity contribution in [3.05, 3.63) is 60.7 Å². The molecule has 0 bridgehead atoms. The third-order valence-electron chi connectivity index (χ3n) is 6.66. The van der Waals surface area contributed by atoms with Gasteiger partial charge in [-0.2, -0.15) is 0 Å². The Hall–Kier alpha value is -1.50. The van der Waals surface area contributed by atoms with Gasteiger partial charge < -0.3 is 19.0 Å². The molecule has 0 aliphatic carbocycles. The Balaban J connectivity index is 1.85. The van der Waals surface area contributed by atoms with Gasteiger partial charge in [0.05, 0.1) is 24.9 Å². The van der Waals surface area contributed by atoms with Crippen molar-refractivity contribution in [2.75, 3.05) is 20.3 Å². The first-order chi connectivity index (χ1) is 15.4. The molecule has 1 saturated heterocycles. The summed E-state index contributed by atoms with van der Waals surface area (Å²) in [5.74, 6) is 0. The monoisotopic (exact) mass is 456 g/mol. The van der Waals surface area contributed by atoms with Gasteiger partial charge in [-0.1, -0.05) is 81.4 Å². The molecule has 2 aromatic rings. The summed E-state index contributed by atoms with van der Waals surface area (Å²) < 4.78 is 19.3. The fourth-order valence-corrected chi connectivity index (χ4v) is 9.61. The number of ether oxygens (including phenoxy) is 2. The highest BCUT2D eigenvalue weighted by Crippen LogP contribution is 2.37. The van der Waals surface area contributed by atoms with E-state index in [0.717, 1.165) is 32.1 Å². The molecule has 1 heterocycles. The zero-order valence-corrected chi connectivity index (χ0v) is 21.1. The molecular weight excluding hydrogens is 416 g/mol. The van der Waals surface area contributed by atoms with Gasteiger partial charge in [0, 0.05) is 13.7 Å². The number of benzene rings is 2. The number of aliphatic hydroxyl groups excluding tert-OH is 1. The summed E-state index contributed by atoms with van der Waals surface area (Å²) in [6.07, 6.45) is 4.83. The van der Waals surface area contributed by atoms with Crippen LogP contribution in [0.1, 0.15) is 52.9 Å². The number of methoxy groups -OCH3 is 1. The standard InChI is InChI=1S/C27H40O4Si/c1-27(2,3)32(23-13-7-5-8-14-23,24-15-9-6-10-16-24)30-21-22-18-19-25(29-4)26(31-22)17-11-12-20-28/h5-10,13-16,22,25-26,28H,11-12,17-21H2,1-4H3/t22-,25+,26-/m0/s1. The summed E-state index contributed by atoms with van der Waals surface area (Å²) in [4.78, 5) is 0. The molecule has 1 aliphatic rings. The van der Waals surface area contributed by atoms with Crippen molar-refractivity contribution in [2.24, 2.45) is 0 Å². The molecule has 0 unspecified atom stereocenters. The second-order valence-corrected chi connectivity index (χ2v) is 14.1. The predicted molar refractivity (Wildman–Crippen MR) is 133 cm³/mol. The van der Waals surface area contributed by atoms with Crippen molar-refractivity contribution in [1.29, 1.82) is 0 Å². The molecule has 0 spiro atoms. The highest BCUT2D eigenvalue weighted by atomic mass is 28.4. The molecule has 2 aromatic carbocycles. The molecule has 5 heteroatoms. The van der Waals surface area contributed by atoms with E-state index in [9.17, 15) is 0 Å². The van der Waals surface area contributed by atoms with Crippen LogP contribution in [0.3, 0.4) is 0 Å². The average molecular weight is 457 g/mol. The lowest BCUT2D eigenvalue weighted by molar-refractivity contribution is -0.141. The molecule has 3 atom stereocenters. The largest absolute Gasteiger partial charge is 0.405 e. The van der Waals surface area contributed by atoms with Crippen molar-refractivity contribution in [3.63, 3.8) is 0 Å². The lowest BCUT2D eigenvalue weighted by Gasteiger charge is -2.44. The molecule has 0 saturated carbocycles. The first-order valence-electron chi connectivity index (χ1n) is 12.0. The maximum Gasteiger partial charge on any atom is 0.261 e. The van der Waals surface area contributed by atoms with E-state index < -0.39 is 8.32 Å². The first kappa shape index (κ1) is 25.1. The van der Waals surface area contributed by atoms with Crippen molar-refractivity contribution in [3.8, 4) is 0 Å². The molecule has 4 nitrogen and oxygen atoms in total. The molecule has 32 heavy (non-hydrogen) atoms. The van der Waals surface area contributed by atoms with Crippen LogP contribution in [0.25, 0.3) is 0 Å². The van der Waals surface area contributed by atoms with Gasteiger partial charge in [0.25, 0.3) is 8.32 Å². The summed E-state index contributed by atoms with van der Waals surface area (Å²) in [7, 11) is -0.786. The normalized spacial score (nSPS) is 22.1. The van der Waals surface area contributed by atoms with Gasteiger partial charge in [-0.15, -0.1) is 0 Å². The second-order valence-electron chi connectivity index (χ2n) is 9.84. The Morgan fingerprint density at radius 3 is 2.03 bits per heavy atom. The number of rotatable bonds is 10. The van der Waals surface area contributed by atoms with Crippen LogP contribution in [0.15, 0.2) is 60.7 Å². The molecule has 0 radical (unpaired) electrons. The molecule has 3 rings (SSSR count). The van der Waals surface area contributed by atoms with Crippen molar-refractivity contribution in [1.82, 2.24) is 0 Å². The highest BCUT2D eigenvalue weighted by Gasteiger charge is 2.50. The highest BCUT2D eigenvalue weighted by molar-refractivity contribution is 6.99. The summed E-state index contributed by atoms with van der Waals surface area (Å²) in [5, 5.41) is 11.7. The summed E-state index contributed by atoms with van der Waals surface area (Å²) >= 11 is 0. The lowest BCUT2D eigenvalue weighted by atomic mass is 9.97. The summed E-state index contributed by atoms with van der Waals surface area (Å²) in [5.41, 5.74) is 0. The molecular formula is C27H40O4Si. The van der Waals surface area contributed by atoms with Crippen LogP contribution in [0.5, 0.6) is 0 Å².